The second-order valence-electron chi connectivity index (χ2n) is 8.34. The summed E-state index contributed by atoms with van der Waals surface area (Å²) < 4.78 is 28.3. The summed E-state index contributed by atoms with van der Waals surface area (Å²) in [5.41, 5.74) is 4.53. The Labute approximate surface area is 190 Å². The Morgan fingerprint density at radius 3 is 2.53 bits per heavy atom. The molecule has 0 unspecified atom stereocenters. The fraction of sp³-hybridized carbons (Fsp3) is 0.417. The summed E-state index contributed by atoms with van der Waals surface area (Å²) in [6, 6.07) is 11.0. The van der Waals surface area contributed by atoms with E-state index >= 15 is 0 Å². The fourth-order valence-electron chi connectivity index (χ4n) is 3.68. The minimum absolute atomic E-state index is 0.0677. The number of amides is 1. The van der Waals surface area contributed by atoms with Crippen LogP contribution < -0.4 is 5.32 Å². The zero-order valence-corrected chi connectivity index (χ0v) is 20.3. The van der Waals surface area contributed by atoms with Crippen molar-refractivity contribution >= 4 is 32.7 Å². The van der Waals surface area contributed by atoms with Gasteiger partial charge >= 0.3 is 0 Å². The number of fused-ring (bicyclic) bond motifs is 1. The highest BCUT2D eigenvalue weighted by Gasteiger charge is 2.20. The molecule has 0 spiro atoms. The van der Waals surface area contributed by atoms with Gasteiger partial charge in [0, 0.05) is 39.2 Å². The largest absolute Gasteiger partial charge is 0.328 e. The molecular weight excluding hydrogens is 424 g/mol. The number of unbranched alkanes of at least 4 members (excludes halogenated alkanes) is 1. The van der Waals surface area contributed by atoms with Crippen LogP contribution in [0.25, 0.3) is 11.0 Å². The van der Waals surface area contributed by atoms with E-state index in [-0.39, 0.29) is 10.8 Å². The summed E-state index contributed by atoms with van der Waals surface area (Å²) in [5.74, 6) is 0.727. The van der Waals surface area contributed by atoms with Crippen LogP contribution in [-0.4, -0.2) is 42.3 Å². The number of benzene rings is 2. The quantitative estimate of drug-likeness (QED) is 0.521. The highest BCUT2D eigenvalue weighted by molar-refractivity contribution is 7.89. The first-order valence-electron chi connectivity index (χ1n) is 10.9. The topological polar surface area (TPSA) is 84.3 Å². The van der Waals surface area contributed by atoms with Gasteiger partial charge in [-0.2, -0.15) is 0 Å². The van der Waals surface area contributed by atoms with Crippen molar-refractivity contribution in [2.45, 2.75) is 57.9 Å². The number of hydrogen-bond donors (Lipinski definition) is 1. The van der Waals surface area contributed by atoms with Gasteiger partial charge in [-0.25, -0.2) is 17.7 Å². The van der Waals surface area contributed by atoms with Crippen LogP contribution in [0.2, 0.25) is 0 Å². The smallest absolute Gasteiger partial charge is 0.242 e. The van der Waals surface area contributed by atoms with Crippen LogP contribution in [0, 0.1) is 13.8 Å². The Balaban J connectivity index is 1.84. The third-order valence-corrected chi connectivity index (χ3v) is 7.36. The Bertz CT molecular complexity index is 1230. The standard InChI is InChI=1S/C24H32N4O3S/c1-6-7-14-28-22-11-9-19(32(30,31)27(4)5)16-21(22)25-23(28)12-13-24(29)26-20-10-8-17(2)15-18(20)3/h8-11,15-16H,6-7,12-14H2,1-5H3,(H,26,29). The van der Waals surface area contributed by atoms with E-state index in [1.54, 1.807) is 12.1 Å². The molecule has 1 amide bonds. The van der Waals surface area contributed by atoms with Gasteiger partial charge in [-0.1, -0.05) is 31.0 Å². The van der Waals surface area contributed by atoms with Crippen LogP contribution in [-0.2, 0) is 27.8 Å². The minimum Gasteiger partial charge on any atom is -0.328 e. The molecule has 3 rings (SSSR count). The maximum absolute atomic E-state index is 12.6. The predicted molar refractivity (Wildman–Crippen MR) is 128 cm³/mol. The summed E-state index contributed by atoms with van der Waals surface area (Å²) in [6.07, 6.45) is 2.78. The third-order valence-electron chi connectivity index (χ3n) is 5.54. The van der Waals surface area contributed by atoms with Gasteiger partial charge in [-0.15, -0.1) is 0 Å². The highest BCUT2D eigenvalue weighted by Crippen LogP contribution is 2.24. The summed E-state index contributed by atoms with van der Waals surface area (Å²) in [6.45, 7) is 6.90. The van der Waals surface area contributed by atoms with Crippen molar-refractivity contribution in [2.24, 2.45) is 0 Å². The average Bonchev–Trinajstić information content (AvgIpc) is 3.09. The highest BCUT2D eigenvalue weighted by atomic mass is 32.2. The van der Waals surface area contributed by atoms with Crippen molar-refractivity contribution in [1.82, 2.24) is 13.9 Å². The average molecular weight is 457 g/mol. The minimum atomic E-state index is -3.54. The number of carbonyl (C=O) groups is 1. The molecule has 0 atom stereocenters. The molecule has 0 aliphatic rings. The first kappa shape index (κ1) is 23.9. The fourth-order valence-corrected chi connectivity index (χ4v) is 4.60. The zero-order chi connectivity index (χ0) is 23.5. The number of anilines is 1. The number of nitrogens with zero attached hydrogens (tertiary/aromatic N) is 3. The number of aryl methyl sites for hydroxylation is 4. The number of nitrogens with one attached hydrogen (secondary N) is 1. The lowest BCUT2D eigenvalue weighted by molar-refractivity contribution is -0.116. The van der Waals surface area contributed by atoms with Crippen LogP contribution in [0.1, 0.15) is 43.1 Å². The number of imidazole rings is 1. The summed E-state index contributed by atoms with van der Waals surface area (Å²) in [5, 5.41) is 2.98. The monoisotopic (exact) mass is 456 g/mol. The molecule has 0 fully saturated rings. The molecule has 1 aromatic heterocycles. The van der Waals surface area contributed by atoms with Gasteiger partial charge in [0.15, 0.2) is 0 Å². The van der Waals surface area contributed by atoms with E-state index in [9.17, 15) is 13.2 Å². The van der Waals surface area contributed by atoms with E-state index in [1.807, 2.05) is 38.1 Å². The zero-order valence-electron chi connectivity index (χ0n) is 19.5. The maximum atomic E-state index is 12.6. The molecule has 1 N–H and O–H groups in total. The number of carbonyl (C=O) groups excluding carboxylic acids is 1. The molecule has 0 aliphatic heterocycles. The molecular formula is C24H32N4O3S. The van der Waals surface area contributed by atoms with E-state index < -0.39 is 10.0 Å². The van der Waals surface area contributed by atoms with E-state index in [2.05, 4.69) is 16.8 Å². The van der Waals surface area contributed by atoms with Crippen LogP contribution in [0.3, 0.4) is 0 Å². The lowest BCUT2D eigenvalue weighted by Gasteiger charge is -2.12. The number of sulfonamides is 1. The van der Waals surface area contributed by atoms with Crippen LogP contribution in [0.4, 0.5) is 5.69 Å². The summed E-state index contributed by atoms with van der Waals surface area (Å²) in [4.78, 5) is 17.5. The molecule has 0 aliphatic carbocycles. The molecule has 172 valence electrons. The van der Waals surface area contributed by atoms with Gasteiger partial charge in [-0.05, 0) is 50.1 Å². The maximum Gasteiger partial charge on any atom is 0.242 e. The van der Waals surface area contributed by atoms with Crippen LogP contribution in [0.5, 0.6) is 0 Å². The Morgan fingerprint density at radius 1 is 1.12 bits per heavy atom. The molecule has 0 bridgehead atoms. The van der Waals surface area contributed by atoms with E-state index in [0.717, 1.165) is 47.5 Å². The van der Waals surface area contributed by atoms with Gasteiger partial charge in [-0.3, -0.25) is 4.79 Å². The predicted octanol–water partition coefficient (Wildman–Crippen LogP) is 4.27. The SMILES string of the molecule is CCCCn1c(CCC(=O)Nc2ccc(C)cc2C)nc2cc(S(=O)(=O)N(C)C)ccc21. The lowest BCUT2D eigenvalue weighted by atomic mass is 10.1. The Kier molecular flexibility index (Phi) is 7.36. The molecule has 0 saturated carbocycles. The normalized spacial score (nSPS) is 11.9. The Hall–Kier alpha value is -2.71. The summed E-state index contributed by atoms with van der Waals surface area (Å²) >= 11 is 0. The van der Waals surface area contributed by atoms with E-state index in [0.29, 0.717) is 18.4 Å². The van der Waals surface area contributed by atoms with Gasteiger partial charge in [0.2, 0.25) is 15.9 Å². The molecule has 8 heteroatoms. The third kappa shape index (κ3) is 5.19. The van der Waals surface area contributed by atoms with E-state index in [4.69, 9.17) is 4.98 Å². The van der Waals surface area contributed by atoms with Gasteiger partial charge in [0.1, 0.15) is 5.82 Å². The van der Waals surface area contributed by atoms with Crippen molar-refractivity contribution in [3.63, 3.8) is 0 Å². The molecule has 7 nitrogen and oxygen atoms in total. The molecule has 2 aromatic carbocycles. The molecule has 3 aromatic rings. The van der Waals surface area contributed by atoms with Crippen LogP contribution in [0.15, 0.2) is 41.3 Å². The molecule has 1 heterocycles. The lowest BCUT2D eigenvalue weighted by Crippen LogP contribution is -2.22. The van der Waals surface area contributed by atoms with Crippen molar-refractivity contribution in [3.05, 3.63) is 53.3 Å². The molecule has 0 saturated heterocycles. The Morgan fingerprint density at radius 2 is 1.88 bits per heavy atom. The first-order valence-corrected chi connectivity index (χ1v) is 12.4. The van der Waals surface area contributed by atoms with Crippen molar-refractivity contribution < 1.29 is 13.2 Å². The first-order chi connectivity index (χ1) is 15.1. The van der Waals surface area contributed by atoms with Gasteiger partial charge in [0.05, 0.1) is 15.9 Å². The van der Waals surface area contributed by atoms with Crippen molar-refractivity contribution in [1.29, 1.82) is 0 Å². The number of hydrogen-bond acceptors (Lipinski definition) is 4. The number of rotatable bonds is 9. The van der Waals surface area contributed by atoms with Gasteiger partial charge in [0.25, 0.3) is 0 Å². The second kappa shape index (κ2) is 9.83. The molecule has 32 heavy (non-hydrogen) atoms. The van der Waals surface area contributed by atoms with Crippen molar-refractivity contribution in [2.75, 3.05) is 19.4 Å². The van der Waals surface area contributed by atoms with Crippen LogP contribution >= 0.6 is 0 Å². The van der Waals surface area contributed by atoms with Crippen molar-refractivity contribution in [3.8, 4) is 0 Å². The number of aromatic nitrogens is 2. The summed E-state index contributed by atoms with van der Waals surface area (Å²) in [7, 11) is -0.510. The second-order valence-corrected chi connectivity index (χ2v) is 10.5. The van der Waals surface area contributed by atoms with Gasteiger partial charge < -0.3 is 9.88 Å². The molecule has 0 radical (unpaired) electrons. The van der Waals surface area contributed by atoms with E-state index in [1.165, 1.54) is 18.4 Å².